The predicted octanol–water partition coefficient (Wildman–Crippen LogP) is 3.59. The van der Waals surface area contributed by atoms with Crippen LogP contribution in [0.3, 0.4) is 0 Å². The highest BCUT2D eigenvalue weighted by Crippen LogP contribution is 2.29. The lowest BCUT2D eigenvalue weighted by Crippen LogP contribution is -2.05. The van der Waals surface area contributed by atoms with Crippen molar-refractivity contribution in [2.75, 3.05) is 0 Å². The van der Waals surface area contributed by atoms with Crippen LogP contribution < -0.4 is 4.74 Å². The molecule has 0 saturated heterocycles. The molecule has 0 aliphatic heterocycles. The summed E-state index contributed by atoms with van der Waals surface area (Å²) in [5, 5.41) is 10.4. The molecule has 8 heteroatoms. The minimum atomic E-state index is -4.38. The standard InChI is InChI=1S/C13H9F3N2O3/c14-13(15,16)10-3-1-9(2-4-10)8-21-12-6-5-11(7-17-12)18(19)20/h1-7H,8H2. The first-order chi connectivity index (χ1) is 9.86. The minimum Gasteiger partial charge on any atom is -0.473 e. The van der Waals surface area contributed by atoms with Gasteiger partial charge in [-0.25, -0.2) is 4.98 Å². The Morgan fingerprint density at radius 1 is 1.14 bits per heavy atom. The number of hydrogen-bond donors (Lipinski definition) is 0. The number of nitro groups is 1. The highest BCUT2D eigenvalue weighted by molar-refractivity contribution is 5.29. The van der Waals surface area contributed by atoms with E-state index in [9.17, 15) is 23.3 Å². The Kier molecular flexibility index (Phi) is 4.06. The molecule has 110 valence electrons. The monoisotopic (exact) mass is 298 g/mol. The second-order valence-electron chi connectivity index (χ2n) is 4.10. The normalized spacial score (nSPS) is 11.2. The van der Waals surface area contributed by atoms with E-state index in [2.05, 4.69) is 4.98 Å². The van der Waals surface area contributed by atoms with Gasteiger partial charge in [-0.3, -0.25) is 10.1 Å². The van der Waals surface area contributed by atoms with E-state index in [0.717, 1.165) is 18.3 Å². The Balaban J connectivity index is 1.98. The van der Waals surface area contributed by atoms with Gasteiger partial charge < -0.3 is 4.74 Å². The molecule has 0 unspecified atom stereocenters. The number of aromatic nitrogens is 1. The van der Waals surface area contributed by atoms with Gasteiger partial charge in [-0.1, -0.05) is 12.1 Å². The maximum Gasteiger partial charge on any atom is 0.416 e. The molecule has 0 N–H and O–H groups in total. The summed E-state index contributed by atoms with van der Waals surface area (Å²) in [4.78, 5) is 13.6. The van der Waals surface area contributed by atoms with Gasteiger partial charge in [0.25, 0.3) is 5.69 Å². The van der Waals surface area contributed by atoms with Crippen LogP contribution in [0.15, 0.2) is 42.6 Å². The Labute approximate surface area is 117 Å². The third-order valence-electron chi connectivity index (χ3n) is 2.60. The van der Waals surface area contributed by atoms with Crippen molar-refractivity contribution >= 4 is 5.69 Å². The zero-order chi connectivity index (χ0) is 15.5. The molecule has 2 aromatic rings. The van der Waals surface area contributed by atoms with Crippen LogP contribution in [0.2, 0.25) is 0 Å². The van der Waals surface area contributed by atoms with E-state index in [4.69, 9.17) is 4.74 Å². The number of ether oxygens (including phenoxy) is 1. The maximum absolute atomic E-state index is 12.4. The van der Waals surface area contributed by atoms with Gasteiger partial charge in [0.2, 0.25) is 5.88 Å². The van der Waals surface area contributed by atoms with Gasteiger partial charge in [0, 0.05) is 12.1 Å². The van der Waals surface area contributed by atoms with Gasteiger partial charge in [-0.2, -0.15) is 13.2 Å². The summed E-state index contributed by atoms with van der Waals surface area (Å²) in [6.07, 6.45) is -3.33. The van der Waals surface area contributed by atoms with Gasteiger partial charge in [0.15, 0.2) is 0 Å². The molecule has 2 rings (SSSR count). The fraction of sp³-hybridized carbons (Fsp3) is 0.154. The summed E-state index contributed by atoms with van der Waals surface area (Å²) in [6.45, 7) is 0.0168. The summed E-state index contributed by atoms with van der Waals surface area (Å²) >= 11 is 0. The predicted molar refractivity (Wildman–Crippen MR) is 66.7 cm³/mol. The van der Waals surface area contributed by atoms with E-state index in [1.165, 1.54) is 24.3 Å². The lowest BCUT2D eigenvalue weighted by molar-refractivity contribution is -0.385. The van der Waals surface area contributed by atoms with Crippen LogP contribution in [0, 0.1) is 10.1 Å². The molecular weight excluding hydrogens is 289 g/mol. The van der Waals surface area contributed by atoms with Crippen LogP contribution in [0.25, 0.3) is 0 Å². The van der Waals surface area contributed by atoms with E-state index in [0.29, 0.717) is 5.56 Å². The summed E-state index contributed by atoms with van der Waals surface area (Å²) in [5.41, 5.74) is -0.375. The Morgan fingerprint density at radius 2 is 1.81 bits per heavy atom. The SMILES string of the molecule is O=[N+]([O-])c1ccc(OCc2ccc(C(F)(F)F)cc2)nc1. The molecule has 0 atom stereocenters. The number of benzene rings is 1. The maximum atomic E-state index is 12.4. The number of alkyl halides is 3. The third-order valence-corrected chi connectivity index (χ3v) is 2.60. The van der Waals surface area contributed by atoms with Crippen molar-refractivity contribution in [1.29, 1.82) is 0 Å². The average molecular weight is 298 g/mol. The van der Waals surface area contributed by atoms with Gasteiger partial charge in [-0.15, -0.1) is 0 Å². The van der Waals surface area contributed by atoms with Gasteiger partial charge in [0.1, 0.15) is 12.8 Å². The molecule has 0 amide bonds. The van der Waals surface area contributed by atoms with Crippen molar-refractivity contribution < 1.29 is 22.8 Å². The highest BCUT2D eigenvalue weighted by atomic mass is 19.4. The molecule has 0 aliphatic carbocycles. The van der Waals surface area contributed by atoms with E-state index in [1.54, 1.807) is 0 Å². The fourth-order valence-corrected chi connectivity index (χ4v) is 1.51. The number of nitrogens with zero attached hydrogens (tertiary/aromatic N) is 2. The minimum absolute atomic E-state index is 0.0168. The zero-order valence-electron chi connectivity index (χ0n) is 10.5. The highest BCUT2D eigenvalue weighted by Gasteiger charge is 2.29. The summed E-state index contributed by atoms with van der Waals surface area (Å²) in [6, 6.07) is 7.07. The van der Waals surface area contributed by atoms with Crippen molar-refractivity contribution in [3.05, 3.63) is 63.8 Å². The number of halogens is 3. The van der Waals surface area contributed by atoms with E-state index < -0.39 is 16.7 Å². The fourth-order valence-electron chi connectivity index (χ4n) is 1.51. The molecule has 0 fully saturated rings. The quantitative estimate of drug-likeness (QED) is 0.639. The molecule has 0 saturated carbocycles. The second-order valence-corrected chi connectivity index (χ2v) is 4.10. The van der Waals surface area contributed by atoms with Crippen molar-refractivity contribution in [2.24, 2.45) is 0 Å². The first-order valence-corrected chi connectivity index (χ1v) is 5.75. The molecule has 21 heavy (non-hydrogen) atoms. The molecular formula is C13H9F3N2O3. The van der Waals surface area contributed by atoms with Crippen LogP contribution >= 0.6 is 0 Å². The van der Waals surface area contributed by atoms with Crippen LogP contribution in [0.1, 0.15) is 11.1 Å². The largest absolute Gasteiger partial charge is 0.473 e. The van der Waals surface area contributed by atoms with Crippen molar-refractivity contribution in [2.45, 2.75) is 12.8 Å². The van der Waals surface area contributed by atoms with Crippen molar-refractivity contribution in [1.82, 2.24) is 4.98 Å². The van der Waals surface area contributed by atoms with Crippen LogP contribution in [-0.4, -0.2) is 9.91 Å². The smallest absolute Gasteiger partial charge is 0.416 e. The van der Waals surface area contributed by atoms with Gasteiger partial charge >= 0.3 is 6.18 Å². The van der Waals surface area contributed by atoms with Crippen LogP contribution in [0.4, 0.5) is 18.9 Å². The number of rotatable bonds is 4. The van der Waals surface area contributed by atoms with Crippen LogP contribution in [0.5, 0.6) is 5.88 Å². The van der Waals surface area contributed by atoms with Crippen molar-refractivity contribution in [3.8, 4) is 5.88 Å². The third kappa shape index (κ3) is 3.91. The first-order valence-electron chi connectivity index (χ1n) is 5.75. The molecule has 0 aliphatic rings. The zero-order valence-corrected chi connectivity index (χ0v) is 10.5. The molecule has 5 nitrogen and oxygen atoms in total. The van der Waals surface area contributed by atoms with E-state index in [-0.39, 0.29) is 18.2 Å². The van der Waals surface area contributed by atoms with E-state index in [1.807, 2.05) is 0 Å². The summed E-state index contributed by atoms with van der Waals surface area (Å²) in [5.74, 6) is 0.153. The lowest BCUT2D eigenvalue weighted by Gasteiger charge is -2.08. The average Bonchev–Trinajstić information content (AvgIpc) is 2.45. The molecule has 1 heterocycles. The second kappa shape index (κ2) is 5.78. The molecule has 0 radical (unpaired) electrons. The molecule has 1 aromatic heterocycles. The Bertz CT molecular complexity index is 625. The van der Waals surface area contributed by atoms with Crippen LogP contribution in [-0.2, 0) is 12.8 Å². The number of pyridine rings is 1. The molecule has 0 spiro atoms. The first kappa shape index (κ1) is 14.8. The molecule has 1 aromatic carbocycles. The van der Waals surface area contributed by atoms with Crippen molar-refractivity contribution in [3.63, 3.8) is 0 Å². The van der Waals surface area contributed by atoms with E-state index >= 15 is 0 Å². The number of hydrogen-bond acceptors (Lipinski definition) is 4. The van der Waals surface area contributed by atoms with Gasteiger partial charge in [0.05, 0.1) is 10.5 Å². The lowest BCUT2D eigenvalue weighted by atomic mass is 10.1. The topological polar surface area (TPSA) is 65.3 Å². The Morgan fingerprint density at radius 3 is 2.29 bits per heavy atom. The summed E-state index contributed by atoms with van der Waals surface area (Å²) < 4.78 is 42.4. The van der Waals surface area contributed by atoms with Gasteiger partial charge in [-0.05, 0) is 17.7 Å². The Hall–Kier alpha value is -2.64. The summed E-state index contributed by atoms with van der Waals surface area (Å²) in [7, 11) is 0. The molecule has 0 bridgehead atoms.